The molecule has 0 aliphatic rings. The van der Waals surface area contributed by atoms with Crippen LogP contribution in [-0.4, -0.2) is 22.7 Å². The van der Waals surface area contributed by atoms with Crippen LogP contribution in [0.5, 0.6) is 0 Å². The van der Waals surface area contributed by atoms with E-state index in [1.165, 1.54) is 5.56 Å². The number of carbonyl (C=O) groups is 1. The molecular weight excluding hydrogens is 270 g/mol. The lowest BCUT2D eigenvalue weighted by atomic mass is 9.88. The van der Waals surface area contributed by atoms with E-state index in [1.807, 2.05) is 39.0 Å². The summed E-state index contributed by atoms with van der Waals surface area (Å²) in [5, 5.41) is 11.7. The molecule has 0 saturated heterocycles. The number of thioether (sulfide) groups is 1. The third-order valence-electron chi connectivity index (χ3n) is 2.92. The third-order valence-corrected chi connectivity index (χ3v) is 3.67. The number of benzene rings is 1. The molecule has 110 valence electrons. The van der Waals surface area contributed by atoms with Crippen LogP contribution in [0.15, 0.2) is 36.4 Å². The van der Waals surface area contributed by atoms with Gasteiger partial charge in [-0.15, -0.1) is 0 Å². The predicted molar refractivity (Wildman–Crippen MR) is 86.1 cm³/mol. The number of allylic oxidation sites excluding steroid dienone is 1. The van der Waals surface area contributed by atoms with Crippen LogP contribution in [0.1, 0.15) is 31.9 Å². The fourth-order valence-electron chi connectivity index (χ4n) is 2.11. The molecule has 0 atom stereocenters. The zero-order chi connectivity index (χ0) is 15.2. The third kappa shape index (κ3) is 5.02. The molecule has 0 bridgehead atoms. The van der Waals surface area contributed by atoms with E-state index in [1.54, 1.807) is 0 Å². The first-order valence-corrected chi connectivity index (χ1v) is 7.64. The van der Waals surface area contributed by atoms with E-state index in [4.69, 9.17) is 5.11 Å². The van der Waals surface area contributed by atoms with Crippen LogP contribution >= 0.6 is 11.8 Å². The van der Waals surface area contributed by atoms with Crippen molar-refractivity contribution in [3.63, 3.8) is 0 Å². The Morgan fingerprint density at radius 3 is 2.65 bits per heavy atom. The first-order valence-electron chi connectivity index (χ1n) is 6.65. The summed E-state index contributed by atoms with van der Waals surface area (Å²) in [7, 11) is 0. The van der Waals surface area contributed by atoms with Gasteiger partial charge in [0, 0.05) is 5.75 Å². The van der Waals surface area contributed by atoms with Gasteiger partial charge in [-0.2, -0.15) is 0 Å². The Morgan fingerprint density at radius 2 is 2.05 bits per heavy atom. The minimum atomic E-state index is -0.453. The van der Waals surface area contributed by atoms with Crippen molar-refractivity contribution in [2.75, 3.05) is 12.4 Å². The Labute approximate surface area is 125 Å². The first-order chi connectivity index (χ1) is 9.36. The zero-order valence-corrected chi connectivity index (χ0v) is 13.2. The van der Waals surface area contributed by atoms with Crippen molar-refractivity contribution in [1.82, 2.24) is 5.32 Å². The SMILES string of the molecule is C=C(C)Cc1ccccc1C(C)(C)NC(=O)SCCO. The average Bonchev–Trinajstić information content (AvgIpc) is 2.35. The van der Waals surface area contributed by atoms with Gasteiger partial charge >= 0.3 is 0 Å². The van der Waals surface area contributed by atoms with Gasteiger partial charge in [0.25, 0.3) is 5.24 Å². The van der Waals surface area contributed by atoms with Crippen molar-refractivity contribution in [2.45, 2.75) is 32.7 Å². The minimum absolute atomic E-state index is 0.00472. The van der Waals surface area contributed by atoms with E-state index in [0.29, 0.717) is 5.75 Å². The van der Waals surface area contributed by atoms with Gasteiger partial charge in [0.05, 0.1) is 12.1 Å². The number of hydrogen-bond donors (Lipinski definition) is 2. The zero-order valence-electron chi connectivity index (χ0n) is 12.4. The molecule has 1 amide bonds. The van der Waals surface area contributed by atoms with E-state index in [2.05, 4.69) is 18.0 Å². The van der Waals surface area contributed by atoms with E-state index in [9.17, 15) is 4.79 Å². The molecule has 0 unspecified atom stereocenters. The molecule has 0 fully saturated rings. The maximum atomic E-state index is 11.8. The maximum Gasteiger partial charge on any atom is 0.279 e. The van der Waals surface area contributed by atoms with Crippen molar-refractivity contribution in [1.29, 1.82) is 0 Å². The van der Waals surface area contributed by atoms with Gasteiger partial charge in [-0.25, -0.2) is 0 Å². The Bertz CT molecular complexity index is 483. The second kappa shape index (κ2) is 7.50. The van der Waals surface area contributed by atoms with E-state index in [0.717, 1.165) is 29.3 Å². The number of carbonyl (C=O) groups excluding carboxylic acids is 1. The molecular formula is C16H23NO2S. The predicted octanol–water partition coefficient (Wildman–Crippen LogP) is 3.48. The molecule has 0 saturated carbocycles. The molecule has 0 radical (unpaired) electrons. The van der Waals surface area contributed by atoms with Crippen molar-refractivity contribution >= 4 is 17.0 Å². The highest BCUT2D eigenvalue weighted by Crippen LogP contribution is 2.26. The fourth-order valence-corrected chi connectivity index (χ4v) is 2.71. The van der Waals surface area contributed by atoms with Crippen LogP contribution in [0.4, 0.5) is 4.79 Å². The first kappa shape index (κ1) is 16.8. The van der Waals surface area contributed by atoms with Gasteiger partial charge in [0.2, 0.25) is 0 Å². The molecule has 20 heavy (non-hydrogen) atoms. The van der Waals surface area contributed by atoms with Crippen molar-refractivity contribution in [2.24, 2.45) is 0 Å². The maximum absolute atomic E-state index is 11.8. The van der Waals surface area contributed by atoms with Gasteiger partial charge < -0.3 is 10.4 Å². The number of rotatable bonds is 6. The lowest BCUT2D eigenvalue weighted by Gasteiger charge is -2.29. The van der Waals surface area contributed by atoms with Crippen molar-refractivity contribution in [3.8, 4) is 0 Å². The molecule has 0 aromatic heterocycles. The monoisotopic (exact) mass is 293 g/mol. The highest BCUT2D eigenvalue weighted by Gasteiger charge is 2.25. The highest BCUT2D eigenvalue weighted by atomic mass is 32.2. The molecule has 0 spiro atoms. The normalized spacial score (nSPS) is 11.2. The molecule has 4 heteroatoms. The second-order valence-electron chi connectivity index (χ2n) is 5.40. The molecule has 1 rings (SSSR count). The molecule has 0 aliphatic heterocycles. The Morgan fingerprint density at radius 1 is 1.40 bits per heavy atom. The summed E-state index contributed by atoms with van der Waals surface area (Å²) in [5.74, 6) is 0.412. The summed E-state index contributed by atoms with van der Waals surface area (Å²) in [6.07, 6.45) is 0.805. The molecule has 0 aliphatic carbocycles. The topological polar surface area (TPSA) is 49.3 Å². The molecule has 0 heterocycles. The molecule has 1 aromatic carbocycles. The molecule has 3 nitrogen and oxygen atoms in total. The van der Waals surface area contributed by atoms with Crippen LogP contribution in [0, 0.1) is 0 Å². The summed E-state index contributed by atoms with van der Waals surface area (Å²) in [6, 6.07) is 8.08. The summed E-state index contributed by atoms with van der Waals surface area (Å²) >= 11 is 1.10. The summed E-state index contributed by atoms with van der Waals surface area (Å²) in [4.78, 5) is 11.8. The molecule has 1 aromatic rings. The van der Waals surface area contributed by atoms with Crippen molar-refractivity contribution < 1.29 is 9.90 Å². The van der Waals surface area contributed by atoms with Gasteiger partial charge in [-0.3, -0.25) is 4.79 Å². The number of hydrogen-bond acceptors (Lipinski definition) is 3. The fraction of sp³-hybridized carbons (Fsp3) is 0.438. The van der Waals surface area contributed by atoms with Crippen LogP contribution in [0.3, 0.4) is 0 Å². The van der Waals surface area contributed by atoms with E-state index < -0.39 is 5.54 Å². The number of amides is 1. The highest BCUT2D eigenvalue weighted by molar-refractivity contribution is 8.13. The largest absolute Gasteiger partial charge is 0.396 e. The lowest BCUT2D eigenvalue weighted by Crippen LogP contribution is -2.40. The Hall–Kier alpha value is -1.26. The number of nitrogens with one attached hydrogen (secondary N) is 1. The Kier molecular flexibility index (Phi) is 6.30. The van der Waals surface area contributed by atoms with Crippen LogP contribution in [0.2, 0.25) is 0 Å². The molecule has 2 N–H and O–H groups in total. The lowest BCUT2D eigenvalue weighted by molar-refractivity contribution is 0.250. The minimum Gasteiger partial charge on any atom is -0.396 e. The average molecular weight is 293 g/mol. The van der Waals surface area contributed by atoms with Crippen LogP contribution in [0.25, 0.3) is 0 Å². The smallest absolute Gasteiger partial charge is 0.279 e. The second-order valence-corrected chi connectivity index (χ2v) is 6.47. The van der Waals surface area contributed by atoms with Gasteiger partial charge in [-0.1, -0.05) is 48.2 Å². The van der Waals surface area contributed by atoms with Gasteiger partial charge in [-0.05, 0) is 38.3 Å². The summed E-state index contributed by atoms with van der Waals surface area (Å²) in [5.41, 5.74) is 2.92. The van der Waals surface area contributed by atoms with Gasteiger partial charge in [0.15, 0.2) is 0 Å². The standard InChI is InChI=1S/C16H23NO2S/c1-12(2)11-13-7-5-6-8-14(13)16(3,4)17-15(19)20-10-9-18/h5-8,18H,1,9-11H2,2-4H3,(H,17,19). The van der Waals surface area contributed by atoms with Crippen LogP contribution in [-0.2, 0) is 12.0 Å². The number of aliphatic hydroxyl groups excluding tert-OH is 1. The van der Waals surface area contributed by atoms with E-state index in [-0.39, 0.29) is 11.8 Å². The summed E-state index contributed by atoms with van der Waals surface area (Å²) < 4.78 is 0. The summed E-state index contributed by atoms with van der Waals surface area (Å²) in [6.45, 7) is 9.94. The van der Waals surface area contributed by atoms with Gasteiger partial charge in [0.1, 0.15) is 0 Å². The Balaban J connectivity index is 2.91. The van der Waals surface area contributed by atoms with Crippen molar-refractivity contribution in [3.05, 3.63) is 47.5 Å². The number of aliphatic hydroxyl groups is 1. The van der Waals surface area contributed by atoms with E-state index >= 15 is 0 Å². The quantitative estimate of drug-likeness (QED) is 0.790. The van der Waals surface area contributed by atoms with Crippen LogP contribution < -0.4 is 5.32 Å².